The summed E-state index contributed by atoms with van der Waals surface area (Å²) < 4.78 is 5.03. The summed E-state index contributed by atoms with van der Waals surface area (Å²) in [6.07, 6.45) is 4.85. The van der Waals surface area contributed by atoms with Crippen LogP contribution in [0.1, 0.15) is 18.1 Å². The number of pyridine rings is 1. The van der Waals surface area contributed by atoms with Crippen molar-refractivity contribution in [2.45, 2.75) is 6.92 Å². The summed E-state index contributed by atoms with van der Waals surface area (Å²) in [5.41, 5.74) is 3.21. The first-order chi connectivity index (χ1) is 11.2. The Bertz CT molecular complexity index is 872. The largest absolute Gasteiger partial charge is 0.463 e. The number of benzene rings is 1. The van der Waals surface area contributed by atoms with Crippen LogP contribution in [0.15, 0.2) is 48.8 Å². The van der Waals surface area contributed by atoms with Gasteiger partial charge in [0.2, 0.25) is 0 Å². The van der Waals surface area contributed by atoms with E-state index in [2.05, 4.69) is 15.2 Å². The molecule has 0 atom stereocenters. The molecule has 0 amide bonds. The minimum atomic E-state index is -0.398. The van der Waals surface area contributed by atoms with E-state index in [-0.39, 0.29) is 0 Å². The highest BCUT2D eigenvalue weighted by atomic mass is 35.5. The Morgan fingerprint density at radius 3 is 2.96 bits per heavy atom. The molecule has 0 fully saturated rings. The minimum Gasteiger partial charge on any atom is -0.463 e. The molecular formula is C17H14ClN3O2. The molecule has 0 saturated heterocycles. The molecule has 1 aromatic carbocycles. The predicted octanol–water partition coefficient (Wildman–Crippen LogP) is 3.61. The van der Waals surface area contributed by atoms with Gasteiger partial charge in [-0.05, 0) is 36.3 Å². The molecule has 0 bridgehead atoms. The summed E-state index contributed by atoms with van der Waals surface area (Å²) in [7, 11) is 0. The lowest BCUT2D eigenvalue weighted by molar-refractivity contribution is -0.137. The number of halogens is 1. The molecule has 6 heteroatoms. The van der Waals surface area contributed by atoms with E-state index in [9.17, 15) is 4.79 Å². The molecule has 2 heterocycles. The fourth-order valence-corrected chi connectivity index (χ4v) is 2.51. The van der Waals surface area contributed by atoms with Crippen LogP contribution in [-0.4, -0.2) is 27.8 Å². The van der Waals surface area contributed by atoms with Gasteiger partial charge in [0.05, 0.1) is 12.1 Å². The number of hydrogen-bond donors (Lipinski definition) is 1. The summed E-state index contributed by atoms with van der Waals surface area (Å²) in [4.78, 5) is 16.0. The topological polar surface area (TPSA) is 67.9 Å². The van der Waals surface area contributed by atoms with Crippen LogP contribution < -0.4 is 0 Å². The number of H-pyrrole nitrogens is 1. The smallest absolute Gasteiger partial charge is 0.331 e. The van der Waals surface area contributed by atoms with Crippen molar-refractivity contribution < 1.29 is 9.53 Å². The maximum absolute atomic E-state index is 11.9. The summed E-state index contributed by atoms with van der Waals surface area (Å²) >= 11 is 6.08. The number of rotatable bonds is 4. The maximum atomic E-state index is 11.9. The molecule has 0 unspecified atom stereocenters. The van der Waals surface area contributed by atoms with Crippen molar-refractivity contribution in [3.05, 3.63) is 65.1 Å². The van der Waals surface area contributed by atoms with Crippen LogP contribution in [0.3, 0.4) is 0 Å². The molecule has 0 aliphatic heterocycles. The van der Waals surface area contributed by atoms with Gasteiger partial charge < -0.3 is 4.74 Å². The van der Waals surface area contributed by atoms with E-state index in [1.807, 2.05) is 30.3 Å². The third-order valence-electron chi connectivity index (χ3n) is 3.35. The molecule has 0 aliphatic carbocycles. The van der Waals surface area contributed by atoms with E-state index in [0.717, 1.165) is 27.6 Å². The van der Waals surface area contributed by atoms with E-state index in [0.29, 0.717) is 11.8 Å². The molecular weight excluding hydrogens is 314 g/mol. The lowest BCUT2D eigenvalue weighted by Crippen LogP contribution is -2.02. The second-order valence-corrected chi connectivity index (χ2v) is 5.18. The Morgan fingerprint density at radius 2 is 2.22 bits per heavy atom. The van der Waals surface area contributed by atoms with Crippen molar-refractivity contribution in [1.82, 2.24) is 15.2 Å². The molecule has 2 aromatic heterocycles. The first kappa shape index (κ1) is 15.2. The van der Waals surface area contributed by atoms with Crippen molar-refractivity contribution in [2.24, 2.45) is 0 Å². The zero-order valence-electron chi connectivity index (χ0n) is 12.4. The van der Waals surface area contributed by atoms with Gasteiger partial charge in [0, 0.05) is 29.4 Å². The number of aromatic nitrogens is 3. The highest BCUT2D eigenvalue weighted by molar-refractivity contribution is 6.34. The Morgan fingerprint density at radius 1 is 1.35 bits per heavy atom. The SMILES string of the molecule is CCOC(=O)/C=C(/c1cccnc1)c1ccc2[nH]nc(Cl)c2c1. The van der Waals surface area contributed by atoms with Gasteiger partial charge in [-0.25, -0.2) is 4.79 Å². The zero-order valence-corrected chi connectivity index (χ0v) is 13.2. The predicted molar refractivity (Wildman–Crippen MR) is 89.1 cm³/mol. The molecule has 0 saturated carbocycles. The second kappa shape index (κ2) is 6.62. The Hall–Kier alpha value is -2.66. The number of carbonyl (C=O) groups excluding carboxylic acids is 1. The molecule has 0 aliphatic rings. The van der Waals surface area contributed by atoms with Crippen LogP contribution in [0.4, 0.5) is 0 Å². The summed E-state index contributed by atoms with van der Waals surface area (Å²) in [5, 5.41) is 8.01. The monoisotopic (exact) mass is 327 g/mol. The van der Waals surface area contributed by atoms with Crippen molar-refractivity contribution in [3.63, 3.8) is 0 Å². The highest BCUT2D eigenvalue weighted by Gasteiger charge is 2.11. The van der Waals surface area contributed by atoms with Crippen molar-refractivity contribution in [2.75, 3.05) is 6.61 Å². The summed E-state index contributed by atoms with van der Waals surface area (Å²) in [5.74, 6) is -0.398. The van der Waals surface area contributed by atoms with E-state index < -0.39 is 5.97 Å². The van der Waals surface area contributed by atoms with Gasteiger partial charge >= 0.3 is 5.97 Å². The van der Waals surface area contributed by atoms with E-state index >= 15 is 0 Å². The second-order valence-electron chi connectivity index (χ2n) is 4.83. The quantitative estimate of drug-likeness (QED) is 0.587. The van der Waals surface area contributed by atoms with Gasteiger partial charge in [-0.3, -0.25) is 10.1 Å². The first-order valence-electron chi connectivity index (χ1n) is 7.12. The number of esters is 1. The first-order valence-corrected chi connectivity index (χ1v) is 7.49. The van der Waals surface area contributed by atoms with Crippen LogP contribution in [0.25, 0.3) is 16.5 Å². The summed E-state index contributed by atoms with van der Waals surface area (Å²) in [6.45, 7) is 2.09. The lowest BCUT2D eigenvalue weighted by atomic mass is 9.98. The van der Waals surface area contributed by atoms with Crippen LogP contribution in [0.2, 0.25) is 5.15 Å². The van der Waals surface area contributed by atoms with Gasteiger partial charge in [0.15, 0.2) is 5.15 Å². The number of ether oxygens (including phenoxy) is 1. The fraction of sp³-hybridized carbons (Fsp3) is 0.118. The van der Waals surface area contributed by atoms with E-state index in [4.69, 9.17) is 16.3 Å². The Labute approximate surface area is 138 Å². The maximum Gasteiger partial charge on any atom is 0.331 e. The van der Waals surface area contributed by atoms with E-state index in [1.54, 1.807) is 19.3 Å². The number of aromatic amines is 1. The lowest BCUT2D eigenvalue weighted by Gasteiger charge is -2.08. The number of fused-ring (bicyclic) bond motifs is 1. The van der Waals surface area contributed by atoms with Gasteiger partial charge in [0.1, 0.15) is 0 Å². The molecule has 3 rings (SSSR count). The number of nitrogens with zero attached hydrogens (tertiary/aromatic N) is 2. The van der Waals surface area contributed by atoms with Gasteiger partial charge in [-0.1, -0.05) is 23.7 Å². The highest BCUT2D eigenvalue weighted by Crippen LogP contribution is 2.28. The fourth-order valence-electron chi connectivity index (χ4n) is 2.31. The molecule has 116 valence electrons. The molecule has 0 radical (unpaired) electrons. The zero-order chi connectivity index (χ0) is 16.2. The van der Waals surface area contributed by atoms with Crippen molar-refractivity contribution in [1.29, 1.82) is 0 Å². The third-order valence-corrected chi connectivity index (χ3v) is 3.64. The molecule has 0 spiro atoms. The molecule has 3 aromatic rings. The number of carbonyl (C=O) groups is 1. The Kier molecular flexibility index (Phi) is 4.39. The average molecular weight is 328 g/mol. The summed E-state index contributed by atoms with van der Waals surface area (Å²) in [6, 6.07) is 9.37. The molecule has 23 heavy (non-hydrogen) atoms. The van der Waals surface area contributed by atoms with Crippen LogP contribution in [0, 0.1) is 0 Å². The molecule has 1 N–H and O–H groups in total. The van der Waals surface area contributed by atoms with Crippen molar-refractivity contribution >= 4 is 34.0 Å². The number of hydrogen-bond acceptors (Lipinski definition) is 4. The van der Waals surface area contributed by atoms with Crippen molar-refractivity contribution in [3.8, 4) is 0 Å². The molecule has 5 nitrogen and oxygen atoms in total. The third kappa shape index (κ3) is 3.24. The normalized spacial score (nSPS) is 11.7. The van der Waals surface area contributed by atoms with Crippen LogP contribution >= 0.6 is 11.6 Å². The Balaban J connectivity index is 2.13. The van der Waals surface area contributed by atoms with Gasteiger partial charge in [-0.15, -0.1) is 0 Å². The standard InChI is InChI=1S/C17H14ClN3O2/c1-2-23-16(22)9-13(12-4-3-7-19-10-12)11-5-6-15-14(8-11)17(18)21-20-15/h3-10H,2H2,1H3,(H,20,21)/b13-9+. The average Bonchev–Trinajstić information content (AvgIpc) is 2.94. The van der Waals surface area contributed by atoms with E-state index in [1.165, 1.54) is 6.08 Å². The van der Waals surface area contributed by atoms with Crippen LogP contribution in [0.5, 0.6) is 0 Å². The minimum absolute atomic E-state index is 0.322. The van der Waals surface area contributed by atoms with Gasteiger partial charge in [0.25, 0.3) is 0 Å². The van der Waals surface area contributed by atoms with Crippen LogP contribution in [-0.2, 0) is 9.53 Å². The van der Waals surface area contributed by atoms with Gasteiger partial charge in [-0.2, -0.15) is 5.10 Å². The number of nitrogens with one attached hydrogen (secondary N) is 1.